The van der Waals surface area contributed by atoms with Gasteiger partial charge >= 0.3 is 0 Å². The number of quaternary nitrogens is 1. The third-order valence-electron chi connectivity index (χ3n) is 4.65. The summed E-state index contributed by atoms with van der Waals surface area (Å²) in [5, 5.41) is 22.6. The summed E-state index contributed by atoms with van der Waals surface area (Å²) >= 11 is 1.59. The number of rotatable bonds is 4. The second kappa shape index (κ2) is 7.07. The Hall–Kier alpha value is -2.02. The van der Waals surface area contributed by atoms with Gasteiger partial charge in [-0.3, -0.25) is 10.3 Å². The number of aliphatic hydroxyl groups excluding tert-OH is 1. The molecule has 0 aliphatic carbocycles. The Morgan fingerprint density at radius 2 is 1.96 bits per heavy atom. The molecule has 0 amide bonds. The van der Waals surface area contributed by atoms with Crippen molar-refractivity contribution in [2.24, 2.45) is 10.7 Å². The molecule has 25 heavy (non-hydrogen) atoms. The molecule has 1 heterocycles. The van der Waals surface area contributed by atoms with Crippen molar-refractivity contribution >= 4 is 22.6 Å². The molecule has 0 radical (unpaired) electrons. The van der Waals surface area contributed by atoms with E-state index in [4.69, 9.17) is 5.73 Å². The topological polar surface area (TPSA) is 95.5 Å². The van der Waals surface area contributed by atoms with Gasteiger partial charge in [0.15, 0.2) is 5.17 Å². The number of hydrogen-bond acceptors (Lipinski definition) is 5. The van der Waals surface area contributed by atoms with E-state index in [1.54, 1.807) is 23.1 Å². The van der Waals surface area contributed by atoms with Crippen LogP contribution in [0, 0.1) is 6.92 Å². The number of nitrogens with two attached hydrogens (primary N) is 2. The van der Waals surface area contributed by atoms with Crippen LogP contribution in [0.15, 0.2) is 47.5 Å². The van der Waals surface area contributed by atoms with Gasteiger partial charge in [-0.2, -0.15) is 0 Å². The van der Waals surface area contributed by atoms with Crippen LogP contribution in [0.25, 0.3) is 0 Å². The lowest BCUT2D eigenvalue weighted by Crippen LogP contribution is -2.79. The molecule has 2 aromatic rings. The summed E-state index contributed by atoms with van der Waals surface area (Å²) in [6.07, 6.45) is 0.203. The molecule has 6 heteroatoms. The zero-order valence-corrected chi connectivity index (χ0v) is 15.3. The van der Waals surface area contributed by atoms with Gasteiger partial charge in [-0.25, -0.2) is 0 Å². The average molecular weight is 358 g/mol. The monoisotopic (exact) mass is 358 g/mol. The summed E-state index contributed by atoms with van der Waals surface area (Å²) in [5.74, 6) is 1.19. The second-order valence-electron chi connectivity index (χ2n) is 6.60. The number of nitrogens with zero attached hydrogens (tertiary/aromatic N) is 1. The molecule has 5 nitrogen and oxygen atoms in total. The molecule has 1 aliphatic rings. The predicted octanol–water partition coefficient (Wildman–Crippen LogP) is 2.25. The first-order chi connectivity index (χ1) is 11.9. The smallest absolute Gasteiger partial charge is 0.219 e. The number of aromatic hydroxyl groups is 1. The largest absolute Gasteiger partial charge is 0.507 e. The van der Waals surface area contributed by atoms with E-state index in [1.165, 1.54) is 0 Å². The van der Waals surface area contributed by atoms with E-state index in [-0.39, 0.29) is 11.3 Å². The van der Waals surface area contributed by atoms with Gasteiger partial charge < -0.3 is 15.9 Å². The van der Waals surface area contributed by atoms with Crippen molar-refractivity contribution in [1.29, 1.82) is 0 Å². The zero-order valence-electron chi connectivity index (χ0n) is 14.4. The molecule has 2 aromatic carbocycles. The van der Waals surface area contributed by atoms with Crippen molar-refractivity contribution in [3.05, 3.63) is 59.2 Å². The molecule has 3 rings (SSSR count). The highest BCUT2D eigenvalue weighted by atomic mass is 32.2. The summed E-state index contributed by atoms with van der Waals surface area (Å²) in [7, 11) is 0. The Morgan fingerprint density at radius 3 is 2.60 bits per heavy atom. The van der Waals surface area contributed by atoms with E-state index in [0.717, 1.165) is 34.6 Å². The van der Waals surface area contributed by atoms with E-state index < -0.39 is 6.23 Å². The molecule has 0 fully saturated rings. The number of amidine groups is 1. The van der Waals surface area contributed by atoms with Gasteiger partial charge in [0, 0.05) is 17.4 Å². The Bertz CT molecular complexity index is 792. The number of phenolic OH excluding ortho intramolecular Hbond substituents is 1. The predicted molar refractivity (Wildman–Crippen MR) is 102 cm³/mol. The summed E-state index contributed by atoms with van der Waals surface area (Å²) in [6.45, 7) is 3.93. The fourth-order valence-corrected chi connectivity index (χ4v) is 3.92. The number of thioether (sulfide) groups is 1. The van der Waals surface area contributed by atoms with Crippen LogP contribution in [0.1, 0.15) is 36.3 Å². The maximum Gasteiger partial charge on any atom is 0.219 e. The van der Waals surface area contributed by atoms with E-state index in [2.05, 4.69) is 11.9 Å². The van der Waals surface area contributed by atoms with Crippen molar-refractivity contribution in [1.82, 2.24) is 0 Å². The quantitative estimate of drug-likeness (QED) is 0.498. The lowest BCUT2D eigenvalue weighted by atomic mass is 9.89. The molecule has 0 aromatic heterocycles. The third kappa shape index (κ3) is 3.98. The first-order valence-corrected chi connectivity index (χ1v) is 9.27. The van der Waals surface area contributed by atoms with E-state index in [9.17, 15) is 10.2 Å². The summed E-state index contributed by atoms with van der Waals surface area (Å²) < 4.78 is 0. The van der Waals surface area contributed by atoms with Crippen molar-refractivity contribution in [2.45, 2.75) is 32.0 Å². The molecular formula is C19H24N3O2S+. The van der Waals surface area contributed by atoms with E-state index >= 15 is 0 Å². The van der Waals surface area contributed by atoms with Crippen LogP contribution >= 0.6 is 11.8 Å². The van der Waals surface area contributed by atoms with Crippen LogP contribution in [-0.2, 0) is 5.54 Å². The van der Waals surface area contributed by atoms with Gasteiger partial charge in [0.2, 0.25) is 6.23 Å². The normalized spacial score (nSPS) is 21.6. The lowest BCUT2D eigenvalue weighted by molar-refractivity contribution is -0.661. The minimum Gasteiger partial charge on any atom is -0.507 e. The Labute approximate surface area is 152 Å². The second-order valence-corrected chi connectivity index (χ2v) is 7.72. The first kappa shape index (κ1) is 17.8. The SMILES string of the molecule is Cc1ccc([NH2+]C(O)c2ccc(C3(C)CCSC(N)=N3)cc2)cc1O. The minimum atomic E-state index is -0.737. The van der Waals surface area contributed by atoms with Crippen molar-refractivity contribution in [2.75, 3.05) is 5.75 Å². The highest BCUT2D eigenvalue weighted by Crippen LogP contribution is 2.35. The van der Waals surface area contributed by atoms with Crippen LogP contribution in [-0.4, -0.2) is 21.1 Å². The minimum absolute atomic E-state index is 0.231. The van der Waals surface area contributed by atoms with Gasteiger partial charge in [0.25, 0.3) is 0 Å². The number of aliphatic hydroxyl groups is 1. The van der Waals surface area contributed by atoms with Gasteiger partial charge in [-0.05, 0) is 43.5 Å². The average Bonchev–Trinajstić information content (AvgIpc) is 2.58. The maximum absolute atomic E-state index is 10.5. The summed E-state index contributed by atoms with van der Waals surface area (Å²) in [6, 6.07) is 13.2. The van der Waals surface area contributed by atoms with Crippen LogP contribution in [0.3, 0.4) is 0 Å². The summed E-state index contributed by atoms with van der Waals surface area (Å²) in [5.41, 5.74) is 9.08. The number of aliphatic imine (C=N–C) groups is 1. The lowest BCUT2D eigenvalue weighted by Gasteiger charge is -2.29. The van der Waals surface area contributed by atoms with E-state index in [0.29, 0.717) is 5.17 Å². The molecule has 0 spiro atoms. The van der Waals surface area contributed by atoms with Crippen LogP contribution in [0.2, 0.25) is 0 Å². The fraction of sp³-hybridized carbons (Fsp3) is 0.316. The van der Waals surface area contributed by atoms with Crippen LogP contribution in [0.5, 0.6) is 5.75 Å². The molecule has 0 saturated heterocycles. The zero-order chi connectivity index (χ0) is 18.0. The number of hydrogen-bond donors (Lipinski definition) is 4. The van der Waals surface area contributed by atoms with Crippen LogP contribution in [0.4, 0.5) is 5.69 Å². The van der Waals surface area contributed by atoms with Gasteiger partial charge in [-0.15, -0.1) is 0 Å². The standard InChI is InChI=1S/C19H23N3O2S/c1-12-3-8-15(11-16(12)23)21-17(24)13-4-6-14(7-5-13)19(2)9-10-25-18(20)22-19/h3-8,11,17,21,23-24H,9-10H2,1-2H3,(H2,20,22)/p+1. The molecule has 2 unspecified atom stereocenters. The molecule has 2 atom stereocenters. The highest BCUT2D eigenvalue weighted by molar-refractivity contribution is 8.13. The van der Waals surface area contributed by atoms with Gasteiger partial charge in [0.05, 0.1) is 5.54 Å². The highest BCUT2D eigenvalue weighted by Gasteiger charge is 2.29. The third-order valence-corrected chi connectivity index (χ3v) is 5.45. The van der Waals surface area contributed by atoms with Crippen molar-refractivity contribution in [3.63, 3.8) is 0 Å². The van der Waals surface area contributed by atoms with Crippen molar-refractivity contribution in [3.8, 4) is 5.75 Å². The van der Waals surface area contributed by atoms with Gasteiger partial charge in [0.1, 0.15) is 11.4 Å². The Balaban J connectivity index is 1.75. The molecule has 132 valence electrons. The fourth-order valence-electron chi connectivity index (χ4n) is 2.94. The maximum atomic E-state index is 10.5. The van der Waals surface area contributed by atoms with Gasteiger partial charge in [-0.1, -0.05) is 36.0 Å². The first-order valence-electron chi connectivity index (χ1n) is 8.28. The molecule has 0 bridgehead atoms. The van der Waals surface area contributed by atoms with Crippen molar-refractivity contribution < 1.29 is 15.5 Å². The molecular weight excluding hydrogens is 334 g/mol. The number of aryl methyl sites for hydroxylation is 1. The molecule has 0 saturated carbocycles. The van der Waals surface area contributed by atoms with E-state index in [1.807, 2.05) is 43.3 Å². The Kier molecular flexibility index (Phi) is 5.03. The van der Waals surface area contributed by atoms with Crippen LogP contribution < -0.4 is 11.1 Å². The Morgan fingerprint density at radius 1 is 1.24 bits per heavy atom. The number of phenols is 1. The molecule has 6 N–H and O–H groups in total. The number of benzene rings is 2. The summed E-state index contributed by atoms with van der Waals surface area (Å²) in [4.78, 5) is 4.60. The molecule has 1 aliphatic heterocycles.